The van der Waals surface area contributed by atoms with E-state index in [1.165, 1.54) is 17.2 Å². The summed E-state index contributed by atoms with van der Waals surface area (Å²) in [6.45, 7) is 1.03. The van der Waals surface area contributed by atoms with Gasteiger partial charge in [-0.05, 0) is 47.0 Å². The zero-order chi connectivity index (χ0) is 37.3. The van der Waals surface area contributed by atoms with Crippen LogP contribution in [0.1, 0.15) is 29.5 Å². The zero-order valence-electron chi connectivity index (χ0n) is 29.7. The molecular formula is C44H39FN4O4S. The van der Waals surface area contributed by atoms with Crippen molar-refractivity contribution in [1.29, 1.82) is 0 Å². The number of halogens is 1. The number of hydrogen-bond acceptors (Lipinski definition) is 8. The highest BCUT2D eigenvalue weighted by molar-refractivity contribution is 7.90. The second kappa shape index (κ2) is 14.5. The average Bonchev–Trinajstić information content (AvgIpc) is 3.20. The summed E-state index contributed by atoms with van der Waals surface area (Å²) in [4.78, 5) is 8.97. The van der Waals surface area contributed by atoms with Gasteiger partial charge < -0.3 is 9.64 Å². The number of rotatable bonds is 9. The molecule has 0 bridgehead atoms. The monoisotopic (exact) mass is 738 g/mol. The fourth-order valence-electron chi connectivity index (χ4n) is 7.77. The fourth-order valence-corrected chi connectivity index (χ4v) is 8.40. The second-order valence-electron chi connectivity index (χ2n) is 13.5. The van der Waals surface area contributed by atoms with Crippen molar-refractivity contribution in [3.05, 3.63) is 192 Å². The molecule has 8 nitrogen and oxygen atoms in total. The van der Waals surface area contributed by atoms with Gasteiger partial charge in [-0.25, -0.2) is 17.9 Å². The summed E-state index contributed by atoms with van der Waals surface area (Å²) in [6.07, 6.45) is 7.18. The topological polar surface area (TPSA) is 86.2 Å². The second-order valence-corrected chi connectivity index (χ2v) is 15.6. The lowest BCUT2D eigenvalue weighted by molar-refractivity contribution is -0.0213. The third-order valence-electron chi connectivity index (χ3n) is 10.3. The Morgan fingerprint density at radius 3 is 1.91 bits per heavy atom. The molecule has 6 aromatic rings. The van der Waals surface area contributed by atoms with Crippen LogP contribution in [0.2, 0.25) is 0 Å². The highest BCUT2D eigenvalue weighted by atomic mass is 32.2. The Morgan fingerprint density at radius 2 is 1.33 bits per heavy atom. The van der Waals surface area contributed by atoms with Gasteiger partial charge in [0.1, 0.15) is 17.6 Å². The lowest BCUT2D eigenvalue weighted by atomic mass is 9.66. The number of fused-ring (bicyclic) bond motifs is 1. The molecule has 2 aliphatic rings. The van der Waals surface area contributed by atoms with E-state index in [1.54, 1.807) is 12.4 Å². The predicted octanol–water partition coefficient (Wildman–Crippen LogP) is 8.51. The van der Waals surface area contributed by atoms with Gasteiger partial charge in [0.05, 0.1) is 21.5 Å². The van der Waals surface area contributed by atoms with E-state index in [2.05, 4.69) is 57.2 Å². The normalized spacial score (nSPS) is 15.6. The van der Waals surface area contributed by atoms with Crippen LogP contribution in [-0.4, -0.2) is 54.0 Å². The van der Waals surface area contributed by atoms with Crippen LogP contribution in [0.25, 0.3) is 10.9 Å². The van der Waals surface area contributed by atoms with Gasteiger partial charge in [0.25, 0.3) is 0 Å². The van der Waals surface area contributed by atoms with Crippen LogP contribution in [0, 0.1) is 5.82 Å². The average molecular weight is 739 g/mol. The van der Waals surface area contributed by atoms with Crippen molar-refractivity contribution in [2.45, 2.75) is 29.3 Å². The quantitative estimate of drug-likeness (QED) is 0.148. The Hall–Kier alpha value is -5.97. The Balaban J connectivity index is 1.31. The molecule has 0 atom stereocenters. The van der Waals surface area contributed by atoms with Crippen molar-refractivity contribution in [1.82, 2.24) is 14.9 Å². The molecule has 0 saturated carbocycles. The Morgan fingerprint density at radius 1 is 0.759 bits per heavy atom. The number of nitrogens with zero attached hydrogens (tertiary/aromatic N) is 4. The number of sulfone groups is 1. The van der Waals surface area contributed by atoms with Crippen LogP contribution in [-0.2, 0) is 15.3 Å². The van der Waals surface area contributed by atoms with Crippen LogP contribution in [0.4, 0.5) is 10.1 Å². The number of aromatic nitrogens is 1. The minimum Gasteiger partial charge on any atom is -0.487 e. The summed E-state index contributed by atoms with van der Waals surface area (Å²) in [7, 11) is -3.57. The third-order valence-corrected chi connectivity index (χ3v) is 11.4. The Labute approximate surface area is 314 Å². The maximum atomic E-state index is 15.1. The first-order valence-electron chi connectivity index (χ1n) is 17.9. The van der Waals surface area contributed by atoms with Crippen molar-refractivity contribution < 1.29 is 22.8 Å². The summed E-state index contributed by atoms with van der Waals surface area (Å²) in [5.41, 5.74) is 4.27. The standard InChI is InChI=1S/C44H39FN4O4S/c1-54(51,52)36-21-22-41(38(45)31-36)53-35-24-27-47(28-25-35)43-42(49(50)30-29-48(43)40-23-26-46-39-20-12-11-19-37(39)40)44(32-13-5-2-6-14-32,33-15-7-3-8-16-33)34-17-9-4-10-18-34/h2-23,26,29-31,35,50H,24-25,27-28H2,1H3. The molecule has 0 amide bonds. The van der Waals surface area contributed by atoms with E-state index in [1.807, 2.05) is 85.1 Å². The predicted molar refractivity (Wildman–Crippen MR) is 208 cm³/mol. The Kier molecular flexibility index (Phi) is 9.39. The molecule has 54 heavy (non-hydrogen) atoms. The van der Waals surface area contributed by atoms with E-state index in [9.17, 15) is 13.6 Å². The molecule has 1 N–H and O–H groups in total. The molecule has 272 valence electrons. The van der Waals surface area contributed by atoms with Crippen LogP contribution >= 0.6 is 0 Å². The highest BCUT2D eigenvalue weighted by Gasteiger charge is 2.48. The Bertz CT molecular complexity index is 2350. The molecular weight excluding hydrogens is 700 g/mol. The molecule has 8 rings (SSSR count). The molecule has 1 aromatic heterocycles. The summed E-state index contributed by atoms with van der Waals surface area (Å²) in [5.74, 6) is 0.0758. The van der Waals surface area contributed by atoms with Crippen molar-refractivity contribution in [3.8, 4) is 5.75 Å². The number of hydrogen-bond donors (Lipinski definition) is 1. The number of likely N-dealkylation sites (tertiary alicyclic amines) is 1. The lowest BCUT2D eigenvalue weighted by Crippen LogP contribution is -2.49. The first-order valence-corrected chi connectivity index (χ1v) is 19.8. The molecule has 3 heterocycles. The van der Waals surface area contributed by atoms with Gasteiger partial charge in [-0.1, -0.05) is 109 Å². The molecule has 2 aliphatic heterocycles. The van der Waals surface area contributed by atoms with E-state index >= 15 is 4.39 Å². The van der Waals surface area contributed by atoms with Crippen LogP contribution in [0.5, 0.6) is 5.75 Å². The summed E-state index contributed by atoms with van der Waals surface area (Å²) in [5, 5.41) is 14.5. The van der Waals surface area contributed by atoms with Gasteiger partial charge in [-0.3, -0.25) is 15.1 Å². The molecule has 1 saturated heterocycles. The number of anilines is 1. The van der Waals surface area contributed by atoms with Gasteiger partial charge in [-0.2, -0.15) is 0 Å². The van der Waals surface area contributed by atoms with E-state index in [-0.39, 0.29) is 16.7 Å². The number of allylic oxidation sites excluding steroid dienone is 1. The third kappa shape index (κ3) is 6.37. The molecule has 0 radical (unpaired) electrons. The zero-order valence-corrected chi connectivity index (χ0v) is 30.5. The fraction of sp³-hybridized carbons (Fsp3) is 0.159. The lowest BCUT2D eigenvalue weighted by Gasteiger charge is -2.48. The van der Waals surface area contributed by atoms with Crippen molar-refractivity contribution in [2.24, 2.45) is 0 Å². The van der Waals surface area contributed by atoms with Crippen LogP contribution in [0.3, 0.4) is 0 Å². The minimum atomic E-state index is -3.57. The number of benzene rings is 5. The van der Waals surface area contributed by atoms with E-state index < -0.39 is 21.1 Å². The molecule has 5 aromatic carbocycles. The smallest absolute Gasteiger partial charge is 0.175 e. The van der Waals surface area contributed by atoms with Crippen molar-refractivity contribution in [3.63, 3.8) is 0 Å². The van der Waals surface area contributed by atoms with Crippen molar-refractivity contribution in [2.75, 3.05) is 24.2 Å². The molecule has 0 spiro atoms. The SMILES string of the molecule is CS(=O)(=O)c1ccc(OC2CCN(C3=C(C(c4ccccc4)(c4ccccc4)c4ccccc4)N(O)C=CN3c3ccnc4ccccc34)CC2)c(F)c1. The molecule has 0 unspecified atom stereocenters. The maximum Gasteiger partial charge on any atom is 0.175 e. The van der Waals surface area contributed by atoms with Gasteiger partial charge in [-0.15, -0.1) is 0 Å². The van der Waals surface area contributed by atoms with Gasteiger partial charge in [0, 0.05) is 56.2 Å². The molecule has 10 heteroatoms. The van der Waals surface area contributed by atoms with Crippen LogP contribution in [0.15, 0.2) is 175 Å². The van der Waals surface area contributed by atoms with Crippen molar-refractivity contribution >= 4 is 26.4 Å². The summed E-state index contributed by atoms with van der Waals surface area (Å²) in [6, 6.07) is 44.5. The van der Waals surface area contributed by atoms with E-state index in [0.29, 0.717) is 31.6 Å². The highest BCUT2D eigenvalue weighted by Crippen LogP contribution is 2.50. The van der Waals surface area contributed by atoms with Gasteiger partial charge >= 0.3 is 0 Å². The number of ether oxygens (including phenoxy) is 1. The summed E-state index contributed by atoms with van der Waals surface area (Å²) >= 11 is 0. The number of para-hydroxylation sites is 1. The number of piperidine rings is 1. The number of pyridine rings is 1. The largest absolute Gasteiger partial charge is 0.487 e. The first kappa shape index (κ1) is 35.1. The van der Waals surface area contributed by atoms with Crippen LogP contribution < -0.4 is 9.64 Å². The van der Waals surface area contributed by atoms with E-state index in [0.717, 1.165) is 51.4 Å². The van der Waals surface area contributed by atoms with E-state index in [4.69, 9.17) is 4.74 Å². The van der Waals surface area contributed by atoms with Gasteiger partial charge in [0.2, 0.25) is 0 Å². The van der Waals surface area contributed by atoms with Gasteiger partial charge in [0.15, 0.2) is 21.4 Å². The molecule has 0 aliphatic carbocycles. The number of hydroxylamine groups is 2. The molecule has 1 fully saturated rings. The maximum absolute atomic E-state index is 15.1. The minimum absolute atomic E-state index is 0.0176. The first-order chi connectivity index (χ1) is 26.2. The summed E-state index contributed by atoms with van der Waals surface area (Å²) < 4.78 is 45.3.